The zero-order chi connectivity index (χ0) is 22.2. The summed E-state index contributed by atoms with van der Waals surface area (Å²) in [5.41, 5.74) is 1.23. The van der Waals surface area contributed by atoms with Crippen molar-refractivity contribution in [2.75, 3.05) is 19.1 Å². The van der Waals surface area contributed by atoms with E-state index in [-0.39, 0.29) is 17.0 Å². The smallest absolute Gasteiger partial charge is 0.189 e. The second-order valence-electron chi connectivity index (χ2n) is 7.32. The topological polar surface area (TPSA) is 62.1 Å². The summed E-state index contributed by atoms with van der Waals surface area (Å²) in [4.78, 5) is 9.21. The third-order valence-corrected chi connectivity index (χ3v) is 7.00. The number of para-hydroxylation sites is 1. The molecule has 2 aromatic carbocycles. The van der Waals surface area contributed by atoms with Gasteiger partial charge < -0.3 is 9.47 Å². The summed E-state index contributed by atoms with van der Waals surface area (Å²) < 4.78 is 28.7. The minimum absolute atomic E-state index is 0.0946. The lowest BCUT2D eigenvalue weighted by Gasteiger charge is -2.23. The van der Waals surface area contributed by atoms with Gasteiger partial charge in [-0.25, -0.2) is 19.0 Å². The van der Waals surface area contributed by atoms with Gasteiger partial charge in [0, 0.05) is 18.1 Å². The van der Waals surface area contributed by atoms with Gasteiger partial charge in [-0.15, -0.1) is 11.8 Å². The molecular formula is C22H20ClFN4O2S2. The summed E-state index contributed by atoms with van der Waals surface area (Å²) in [6.07, 6.45) is 8.19. The number of ether oxygens (including phenoxy) is 2. The van der Waals surface area contributed by atoms with Crippen LogP contribution in [0.4, 0.5) is 4.39 Å². The van der Waals surface area contributed by atoms with Crippen molar-refractivity contribution < 1.29 is 13.9 Å². The first-order valence-corrected chi connectivity index (χ1v) is 13.0. The van der Waals surface area contributed by atoms with Gasteiger partial charge in [0.1, 0.15) is 21.4 Å². The number of fused-ring (bicyclic) bond motifs is 2. The van der Waals surface area contributed by atoms with Crippen LogP contribution in [-0.4, -0.2) is 38.9 Å². The van der Waals surface area contributed by atoms with E-state index in [1.54, 1.807) is 16.9 Å². The molecular weight excluding hydrogens is 471 g/mol. The monoisotopic (exact) mass is 490 g/mol. The maximum absolute atomic E-state index is 14.9. The molecule has 5 rings (SSSR count). The standard InChI is InChI=1S/C22H20ClFN4O2S2/c1-31-21-12-6-5-7-16(19(12)26-22(27-21)32-2)30-20-13-11-25-28(17-8-3-4-9-29-17)15(13)10-14(24)18(20)23/h5-7,10-11,17H,3-4,8-9H2,1-2H3. The SMILES string of the molecule is CSc1nc(SC)c2cccc(Oc3c(Cl)c(F)cc4c3cnn4C3CCCCO3)c2n1. The van der Waals surface area contributed by atoms with E-state index in [1.807, 2.05) is 24.6 Å². The van der Waals surface area contributed by atoms with E-state index < -0.39 is 5.82 Å². The van der Waals surface area contributed by atoms with Gasteiger partial charge in [-0.1, -0.05) is 29.4 Å². The number of halogens is 2. The fourth-order valence-corrected chi connectivity index (χ4v) is 5.04. The maximum atomic E-state index is 14.9. The van der Waals surface area contributed by atoms with E-state index in [0.29, 0.717) is 33.9 Å². The molecule has 4 aromatic rings. The quantitative estimate of drug-likeness (QED) is 0.175. The van der Waals surface area contributed by atoms with Crippen LogP contribution in [0.5, 0.6) is 11.5 Å². The van der Waals surface area contributed by atoms with Crippen molar-refractivity contribution in [1.82, 2.24) is 19.7 Å². The van der Waals surface area contributed by atoms with Gasteiger partial charge >= 0.3 is 0 Å². The Labute approximate surface area is 197 Å². The molecule has 1 unspecified atom stereocenters. The Morgan fingerprint density at radius 1 is 1.19 bits per heavy atom. The molecule has 0 N–H and O–H groups in total. The van der Waals surface area contributed by atoms with E-state index in [0.717, 1.165) is 29.7 Å². The zero-order valence-corrected chi connectivity index (χ0v) is 19.9. The lowest BCUT2D eigenvalue weighted by molar-refractivity contribution is -0.0366. The molecule has 0 amide bonds. The molecule has 2 aromatic heterocycles. The van der Waals surface area contributed by atoms with Gasteiger partial charge in [-0.3, -0.25) is 0 Å². The Bertz CT molecular complexity index is 1310. The predicted molar refractivity (Wildman–Crippen MR) is 127 cm³/mol. The van der Waals surface area contributed by atoms with Crippen molar-refractivity contribution in [2.45, 2.75) is 35.7 Å². The number of benzene rings is 2. The molecule has 1 aliphatic heterocycles. The molecule has 6 nitrogen and oxygen atoms in total. The van der Waals surface area contributed by atoms with E-state index in [1.165, 1.54) is 29.6 Å². The molecule has 32 heavy (non-hydrogen) atoms. The van der Waals surface area contributed by atoms with Gasteiger partial charge in [-0.2, -0.15) is 5.10 Å². The minimum Gasteiger partial charge on any atom is -0.453 e. The minimum atomic E-state index is -0.573. The van der Waals surface area contributed by atoms with Crippen molar-refractivity contribution in [2.24, 2.45) is 0 Å². The number of rotatable bonds is 5. The van der Waals surface area contributed by atoms with Crippen molar-refractivity contribution in [3.8, 4) is 11.5 Å². The molecule has 0 bridgehead atoms. The van der Waals surface area contributed by atoms with Crippen molar-refractivity contribution in [3.63, 3.8) is 0 Å². The average Bonchev–Trinajstić information content (AvgIpc) is 3.25. The normalized spacial score (nSPS) is 16.7. The molecule has 0 aliphatic carbocycles. The van der Waals surface area contributed by atoms with Crippen LogP contribution in [-0.2, 0) is 4.74 Å². The highest BCUT2D eigenvalue weighted by atomic mass is 35.5. The maximum Gasteiger partial charge on any atom is 0.189 e. The van der Waals surface area contributed by atoms with E-state index >= 15 is 0 Å². The van der Waals surface area contributed by atoms with Crippen LogP contribution in [0.2, 0.25) is 5.02 Å². The van der Waals surface area contributed by atoms with Crippen LogP contribution < -0.4 is 4.74 Å². The fraction of sp³-hybridized carbons (Fsp3) is 0.318. The Morgan fingerprint density at radius 3 is 2.81 bits per heavy atom. The van der Waals surface area contributed by atoms with Crippen LogP contribution >= 0.6 is 35.1 Å². The molecule has 0 saturated carbocycles. The van der Waals surface area contributed by atoms with Crippen molar-refractivity contribution in [1.29, 1.82) is 0 Å². The van der Waals surface area contributed by atoms with Crippen molar-refractivity contribution in [3.05, 3.63) is 41.3 Å². The van der Waals surface area contributed by atoms with E-state index in [2.05, 4.69) is 15.1 Å². The van der Waals surface area contributed by atoms with Gasteiger partial charge in [0.25, 0.3) is 0 Å². The summed E-state index contributed by atoms with van der Waals surface area (Å²) in [5.74, 6) is 0.119. The average molecular weight is 491 g/mol. The lowest BCUT2D eigenvalue weighted by Crippen LogP contribution is -2.19. The van der Waals surface area contributed by atoms with E-state index in [9.17, 15) is 4.39 Å². The first-order chi connectivity index (χ1) is 15.6. The molecule has 3 heterocycles. The Kier molecular flexibility index (Phi) is 6.16. The van der Waals surface area contributed by atoms with Gasteiger partial charge in [0.05, 0.1) is 17.1 Å². The number of thioether (sulfide) groups is 2. The first kappa shape index (κ1) is 21.8. The fourth-order valence-electron chi connectivity index (χ4n) is 3.86. The van der Waals surface area contributed by atoms with Gasteiger partial charge in [0.15, 0.2) is 22.9 Å². The Hall–Kier alpha value is -2.07. The summed E-state index contributed by atoms with van der Waals surface area (Å²) in [5, 5.41) is 7.35. The summed E-state index contributed by atoms with van der Waals surface area (Å²) >= 11 is 9.36. The molecule has 1 aliphatic rings. The summed E-state index contributed by atoms with van der Waals surface area (Å²) in [7, 11) is 0. The number of aromatic nitrogens is 4. The summed E-state index contributed by atoms with van der Waals surface area (Å²) in [6.45, 7) is 0.663. The largest absolute Gasteiger partial charge is 0.453 e. The Morgan fingerprint density at radius 2 is 2.06 bits per heavy atom. The molecule has 10 heteroatoms. The van der Waals surface area contributed by atoms with Crippen LogP contribution in [0.1, 0.15) is 25.5 Å². The molecule has 0 radical (unpaired) electrons. The molecule has 0 spiro atoms. The van der Waals surface area contributed by atoms with Gasteiger partial charge in [-0.05, 0) is 43.9 Å². The van der Waals surface area contributed by atoms with Crippen LogP contribution in [0.3, 0.4) is 0 Å². The number of hydrogen-bond donors (Lipinski definition) is 0. The third kappa shape index (κ3) is 3.81. The van der Waals surface area contributed by atoms with Crippen molar-refractivity contribution >= 4 is 56.9 Å². The third-order valence-electron chi connectivity index (χ3n) is 5.40. The number of nitrogens with zero attached hydrogens (tertiary/aromatic N) is 4. The predicted octanol–water partition coefficient (Wildman–Crippen LogP) is 6.71. The highest BCUT2D eigenvalue weighted by Crippen LogP contribution is 2.42. The Balaban J connectivity index is 1.65. The lowest BCUT2D eigenvalue weighted by atomic mass is 10.1. The molecule has 1 atom stereocenters. The highest BCUT2D eigenvalue weighted by molar-refractivity contribution is 7.99. The van der Waals surface area contributed by atoms with Crippen LogP contribution in [0.25, 0.3) is 21.8 Å². The molecule has 166 valence electrons. The highest BCUT2D eigenvalue weighted by Gasteiger charge is 2.24. The second kappa shape index (κ2) is 9.05. The second-order valence-corrected chi connectivity index (χ2v) is 9.26. The number of hydrogen-bond acceptors (Lipinski definition) is 7. The first-order valence-electron chi connectivity index (χ1n) is 10.1. The van der Waals surface area contributed by atoms with Gasteiger partial charge in [0.2, 0.25) is 0 Å². The van der Waals surface area contributed by atoms with E-state index in [4.69, 9.17) is 21.1 Å². The zero-order valence-electron chi connectivity index (χ0n) is 17.5. The van der Waals surface area contributed by atoms with Crippen LogP contribution in [0, 0.1) is 5.82 Å². The molecule has 1 fully saturated rings. The molecule has 1 saturated heterocycles. The van der Waals surface area contributed by atoms with Crippen LogP contribution in [0.15, 0.2) is 40.6 Å². The summed E-state index contributed by atoms with van der Waals surface area (Å²) in [6, 6.07) is 6.99.